The van der Waals surface area contributed by atoms with E-state index in [0.29, 0.717) is 19.2 Å². The van der Waals surface area contributed by atoms with E-state index in [2.05, 4.69) is 24.3 Å². The Morgan fingerprint density at radius 2 is 1.57 bits per heavy atom. The zero-order valence-corrected chi connectivity index (χ0v) is 14.7. The first-order valence-electron chi connectivity index (χ1n) is 7.95. The molecule has 1 unspecified atom stereocenters. The van der Waals surface area contributed by atoms with Crippen LogP contribution in [0.1, 0.15) is 30.5 Å². The number of benzene rings is 2. The van der Waals surface area contributed by atoms with E-state index in [1.165, 1.54) is 0 Å². The fourth-order valence-corrected chi connectivity index (χ4v) is 3.70. The van der Waals surface area contributed by atoms with E-state index in [9.17, 15) is 4.57 Å². The molecule has 0 heterocycles. The van der Waals surface area contributed by atoms with Crippen molar-refractivity contribution in [2.45, 2.75) is 19.4 Å². The van der Waals surface area contributed by atoms with E-state index in [1.807, 2.05) is 49.5 Å². The Labute approximate surface area is 138 Å². The van der Waals surface area contributed by atoms with Crippen LogP contribution in [-0.2, 0) is 9.09 Å². The van der Waals surface area contributed by atoms with Crippen molar-refractivity contribution in [3.63, 3.8) is 0 Å². The summed E-state index contributed by atoms with van der Waals surface area (Å²) < 4.78 is 17.4. The molecule has 0 aliphatic carbocycles. The molecular formula is C19H24NO2P. The van der Waals surface area contributed by atoms with Crippen LogP contribution in [0.2, 0.25) is 0 Å². The minimum atomic E-state index is -2.49. The predicted molar refractivity (Wildman–Crippen MR) is 97.9 cm³/mol. The highest BCUT2D eigenvalue weighted by Crippen LogP contribution is 2.42. The van der Waals surface area contributed by atoms with Crippen LogP contribution in [0.25, 0.3) is 0 Å². The van der Waals surface area contributed by atoms with Gasteiger partial charge in [0.15, 0.2) is 0 Å². The van der Waals surface area contributed by atoms with Gasteiger partial charge in [0.05, 0.1) is 12.6 Å². The topological polar surface area (TPSA) is 38.7 Å². The molecule has 1 atom stereocenters. The molecule has 0 aliphatic heterocycles. The van der Waals surface area contributed by atoms with Crippen molar-refractivity contribution in [3.8, 4) is 0 Å². The van der Waals surface area contributed by atoms with Gasteiger partial charge < -0.3 is 4.52 Å². The third-order valence-corrected chi connectivity index (χ3v) is 5.43. The maximum atomic E-state index is 12.1. The minimum Gasteiger partial charge on any atom is -0.329 e. The molecule has 0 fully saturated rings. The van der Waals surface area contributed by atoms with Crippen LogP contribution >= 0.6 is 7.37 Å². The van der Waals surface area contributed by atoms with Gasteiger partial charge >= 0.3 is 0 Å². The Morgan fingerprint density at radius 1 is 1.04 bits per heavy atom. The van der Waals surface area contributed by atoms with Gasteiger partial charge in [-0.05, 0) is 24.5 Å². The van der Waals surface area contributed by atoms with Crippen LogP contribution in [0.15, 0.2) is 65.7 Å². The molecule has 0 aliphatic rings. The summed E-state index contributed by atoms with van der Waals surface area (Å²) in [4.78, 5) is 4.73. The van der Waals surface area contributed by atoms with E-state index in [-0.39, 0.29) is 6.04 Å². The van der Waals surface area contributed by atoms with Gasteiger partial charge in [0.1, 0.15) is 0 Å². The summed E-state index contributed by atoms with van der Waals surface area (Å²) in [5.74, 6) is 0. The van der Waals surface area contributed by atoms with Gasteiger partial charge in [0, 0.05) is 19.0 Å². The maximum Gasteiger partial charge on any atom is 0.200 e. The van der Waals surface area contributed by atoms with Crippen molar-refractivity contribution in [1.29, 1.82) is 0 Å². The largest absolute Gasteiger partial charge is 0.329 e. The number of aliphatic imine (C=N–C) groups is 1. The van der Waals surface area contributed by atoms with Gasteiger partial charge in [-0.25, -0.2) is 0 Å². The van der Waals surface area contributed by atoms with E-state index in [4.69, 9.17) is 9.52 Å². The number of hydrogen-bond donors (Lipinski definition) is 0. The number of hydrogen-bond acceptors (Lipinski definition) is 3. The Morgan fingerprint density at radius 3 is 2.04 bits per heavy atom. The molecule has 0 aromatic heterocycles. The molecule has 2 aromatic rings. The SMILES string of the molecule is CCOP(C)(=O)CCC=NC(c1ccccc1)c1ccccc1. The molecule has 2 aromatic carbocycles. The first kappa shape index (κ1) is 17.7. The summed E-state index contributed by atoms with van der Waals surface area (Å²) in [5, 5.41) is 0. The van der Waals surface area contributed by atoms with Crippen molar-refractivity contribution in [2.24, 2.45) is 4.99 Å². The molecule has 4 heteroatoms. The normalized spacial score (nSPS) is 14.2. The van der Waals surface area contributed by atoms with Crippen LogP contribution in [0, 0.1) is 0 Å². The highest BCUT2D eigenvalue weighted by molar-refractivity contribution is 7.58. The highest BCUT2D eigenvalue weighted by atomic mass is 31.2. The predicted octanol–water partition coefficient (Wildman–Crippen LogP) is 5.18. The number of rotatable bonds is 8. The minimum absolute atomic E-state index is 0.0271. The Hall–Kier alpha value is -1.70. The average molecular weight is 329 g/mol. The summed E-state index contributed by atoms with van der Waals surface area (Å²) in [6.45, 7) is 4.04. The second-order valence-corrected chi connectivity index (χ2v) is 8.23. The lowest BCUT2D eigenvalue weighted by molar-refractivity contribution is 0.337. The van der Waals surface area contributed by atoms with Gasteiger partial charge in [0.2, 0.25) is 7.37 Å². The van der Waals surface area contributed by atoms with Crippen molar-refractivity contribution in [2.75, 3.05) is 19.4 Å². The summed E-state index contributed by atoms with van der Waals surface area (Å²) in [6.07, 6.45) is 3.06. The van der Waals surface area contributed by atoms with Crippen LogP contribution in [-0.4, -0.2) is 25.6 Å². The van der Waals surface area contributed by atoms with Gasteiger partial charge in [-0.1, -0.05) is 60.7 Å². The smallest absolute Gasteiger partial charge is 0.200 e. The van der Waals surface area contributed by atoms with Crippen LogP contribution in [0.5, 0.6) is 0 Å². The van der Waals surface area contributed by atoms with Crippen molar-refractivity contribution in [3.05, 3.63) is 71.8 Å². The van der Waals surface area contributed by atoms with E-state index < -0.39 is 7.37 Å². The second-order valence-electron chi connectivity index (χ2n) is 5.50. The molecule has 0 saturated carbocycles. The molecule has 122 valence electrons. The summed E-state index contributed by atoms with van der Waals surface area (Å²) in [5.41, 5.74) is 2.30. The lowest BCUT2D eigenvalue weighted by Gasteiger charge is -2.14. The molecule has 0 spiro atoms. The van der Waals surface area contributed by atoms with E-state index in [1.54, 1.807) is 6.66 Å². The van der Waals surface area contributed by atoms with Crippen molar-refractivity contribution < 1.29 is 9.09 Å². The molecular weight excluding hydrogens is 305 g/mol. The number of nitrogens with zero attached hydrogens (tertiary/aromatic N) is 1. The standard InChI is InChI=1S/C19H24NO2P/c1-3-22-23(2,21)16-10-15-20-19(17-11-6-4-7-12-17)18-13-8-5-9-14-18/h4-9,11-15,19H,3,10,16H2,1-2H3. The van der Waals surface area contributed by atoms with E-state index >= 15 is 0 Å². The third-order valence-electron chi connectivity index (χ3n) is 3.55. The zero-order chi connectivity index (χ0) is 16.5. The lowest BCUT2D eigenvalue weighted by atomic mass is 9.99. The molecule has 2 rings (SSSR count). The van der Waals surface area contributed by atoms with Gasteiger partial charge in [-0.3, -0.25) is 9.56 Å². The summed E-state index contributed by atoms with van der Waals surface area (Å²) >= 11 is 0. The molecule has 0 amide bonds. The fourth-order valence-electron chi connectivity index (χ4n) is 2.45. The van der Waals surface area contributed by atoms with Crippen LogP contribution in [0.4, 0.5) is 0 Å². The average Bonchev–Trinajstić information content (AvgIpc) is 2.56. The molecule has 0 bridgehead atoms. The van der Waals surface area contributed by atoms with Crippen molar-refractivity contribution >= 4 is 13.6 Å². The van der Waals surface area contributed by atoms with Crippen LogP contribution in [0.3, 0.4) is 0 Å². The molecule has 23 heavy (non-hydrogen) atoms. The Bertz CT molecular complexity index is 616. The monoisotopic (exact) mass is 329 g/mol. The van der Waals surface area contributed by atoms with E-state index in [0.717, 1.165) is 11.1 Å². The van der Waals surface area contributed by atoms with Gasteiger partial charge in [-0.15, -0.1) is 0 Å². The summed E-state index contributed by atoms with van der Waals surface area (Å²) in [6, 6.07) is 20.4. The molecule has 0 N–H and O–H groups in total. The quantitative estimate of drug-likeness (QED) is 0.494. The van der Waals surface area contributed by atoms with Crippen LogP contribution < -0.4 is 0 Å². The molecule has 0 saturated heterocycles. The first-order chi connectivity index (χ1) is 11.1. The van der Waals surface area contributed by atoms with Gasteiger partial charge in [-0.2, -0.15) is 0 Å². The van der Waals surface area contributed by atoms with Crippen molar-refractivity contribution in [1.82, 2.24) is 0 Å². The first-order valence-corrected chi connectivity index (χ1v) is 10.2. The molecule has 3 nitrogen and oxygen atoms in total. The highest BCUT2D eigenvalue weighted by Gasteiger charge is 2.14. The molecule has 0 radical (unpaired) electrons. The van der Waals surface area contributed by atoms with Gasteiger partial charge in [0.25, 0.3) is 0 Å². The third kappa shape index (κ3) is 5.78. The maximum absolute atomic E-state index is 12.1. The Balaban J connectivity index is 2.10. The lowest BCUT2D eigenvalue weighted by Crippen LogP contribution is -2.00. The Kier molecular flexibility index (Phi) is 6.76. The zero-order valence-electron chi connectivity index (χ0n) is 13.8. The second kappa shape index (κ2) is 8.81. The summed E-state index contributed by atoms with van der Waals surface area (Å²) in [7, 11) is -2.49. The fraction of sp³-hybridized carbons (Fsp3) is 0.316.